The van der Waals surface area contributed by atoms with Gasteiger partial charge in [-0.05, 0) is 18.5 Å². The summed E-state index contributed by atoms with van der Waals surface area (Å²) in [6.45, 7) is 4.37. The van der Waals surface area contributed by atoms with E-state index in [1.54, 1.807) is 0 Å². The van der Waals surface area contributed by atoms with E-state index in [0.717, 1.165) is 50.8 Å². The van der Waals surface area contributed by atoms with Gasteiger partial charge in [0.1, 0.15) is 11.9 Å². The first-order valence-electron chi connectivity index (χ1n) is 9.41. The minimum atomic E-state index is 0.0854. The standard InChI is InChI=1S/C20H27N5O/c1-24(2)20-22-17-9-11-21-10-8-16(17)19(23-20)25-12-13-26-18(14-25)15-6-4-3-5-7-15/h3-7,18,21H,8-14H2,1-2H3/t18-/m1/s1. The van der Waals surface area contributed by atoms with Gasteiger partial charge in [-0.15, -0.1) is 0 Å². The van der Waals surface area contributed by atoms with Crippen molar-refractivity contribution in [3.05, 3.63) is 47.2 Å². The normalized spacial score (nSPS) is 20.4. The van der Waals surface area contributed by atoms with Crippen molar-refractivity contribution in [1.29, 1.82) is 0 Å². The van der Waals surface area contributed by atoms with Crippen molar-refractivity contribution in [1.82, 2.24) is 15.3 Å². The first-order chi connectivity index (χ1) is 12.7. The number of rotatable bonds is 3. The third-order valence-corrected chi connectivity index (χ3v) is 5.09. The summed E-state index contributed by atoms with van der Waals surface area (Å²) in [5.74, 6) is 1.88. The molecule has 1 fully saturated rings. The van der Waals surface area contributed by atoms with E-state index in [2.05, 4.69) is 34.5 Å². The highest BCUT2D eigenvalue weighted by Crippen LogP contribution is 2.30. The summed E-state index contributed by atoms with van der Waals surface area (Å²) >= 11 is 0. The van der Waals surface area contributed by atoms with Crippen LogP contribution in [0.2, 0.25) is 0 Å². The van der Waals surface area contributed by atoms with Gasteiger partial charge in [0.2, 0.25) is 5.95 Å². The molecule has 0 unspecified atom stereocenters. The lowest BCUT2D eigenvalue weighted by Gasteiger charge is -2.35. The Morgan fingerprint density at radius 1 is 1.12 bits per heavy atom. The first-order valence-corrected chi connectivity index (χ1v) is 9.41. The van der Waals surface area contributed by atoms with E-state index >= 15 is 0 Å². The smallest absolute Gasteiger partial charge is 0.227 e. The fraction of sp³-hybridized carbons (Fsp3) is 0.500. The summed E-state index contributed by atoms with van der Waals surface area (Å²) in [7, 11) is 4.01. The van der Waals surface area contributed by atoms with Crippen LogP contribution < -0.4 is 15.1 Å². The van der Waals surface area contributed by atoms with Gasteiger partial charge < -0.3 is 19.9 Å². The molecular formula is C20H27N5O. The second-order valence-electron chi connectivity index (χ2n) is 7.13. The average molecular weight is 353 g/mol. The third-order valence-electron chi connectivity index (χ3n) is 5.09. The lowest BCUT2D eigenvalue weighted by atomic mass is 10.1. The molecule has 4 rings (SSSR count). The summed E-state index contributed by atoms with van der Waals surface area (Å²) in [5.41, 5.74) is 3.72. The molecule has 1 aromatic carbocycles. The molecule has 2 aliphatic rings. The number of nitrogens with zero attached hydrogens (tertiary/aromatic N) is 4. The van der Waals surface area contributed by atoms with Gasteiger partial charge in [0.25, 0.3) is 0 Å². The van der Waals surface area contributed by atoms with Gasteiger partial charge in [-0.1, -0.05) is 30.3 Å². The van der Waals surface area contributed by atoms with Crippen LogP contribution in [0.15, 0.2) is 30.3 Å². The molecule has 1 N–H and O–H groups in total. The Kier molecular flexibility index (Phi) is 5.04. The van der Waals surface area contributed by atoms with Crippen LogP contribution in [0.25, 0.3) is 0 Å². The minimum absolute atomic E-state index is 0.0854. The van der Waals surface area contributed by atoms with Crippen molar-refractivity contribution in [2.75, 3.05) is 56.7 Å². The van der Waals surface area contributed by atoms with Crippen LogP contribution in [0.1, 0.15) is 22.9 Å². The van der Waals surface area contributed by atoms with Crippen LogP contribution >= 0.6 is 0 Å². The molecule has 2 aromatic rings. The van der Waals surface area contributed by atoms with Gasteiger partial charge in [-0.2, -0.15) is 4.98 Å². The molecule has 3 heterocycles. The fourth-order valence-electron chi connectivity index (χ4n) is 3.69. The van der Waals surface area contributed by atoms with Crippen molar-refractivity contribution in [3.8, 4) is 0 Å². The summed E-state index contributed by atoms with van der Waals surface area (Å²) in [6, 6.07) is 10.5. The van der Waals surface area contributed by atoms with Crippen molar-refractivity contribution in [3.63, 3.8) is 0 Å². The number of fused-ring (bicyclic) bond motifs is 1. The molecule has 1 atom stereocenters. The molecule has 1 aromatic heterocycles. The zero-order valence-electron chi connectivity index (χ0n) is 15.6. The van der Waals surface area contributed by atoms with E-state index in [4.69, 9.17) is 14.7 Å². The van der Waals surface area contributed by atoms with Gasteiger partial charge >= 0.3 is 0 Å². The molecule has 6 heteroatoms. The van der Waals surface area contributed by atoms with E-state index in [1.807, 2.05) is 25.1 Å². The Bertz CT molecular complexity index is 749. The number of ether oxygens (including phenoxy) is 1. The molecule has 0 aliphatic carbocycles. The summed E-state index contributed by atoms with van der Waals surface area (Å²) in [6.07, 6.45) is 2.02. The number of benzene rings is 1. The quantitative estimate of drug-likeness (QED) is 0.908. The molecule has 2 aliphatic heterocycles. The predicted octanol–water partition coefficient (Wildman–Crippen LogP) is 1.81. The number of morpholine rings is 1. The Hall–Kier alpha value is -2.18. The molecule has 26 heavy (non-hydrogen) atoms. The Balaban J connectivity index is 1.68. The predicted molar refractivity (Wildman–Crippen MR) is 104 cm³/mol. The Morgan fingerprint density at radius 2 is 1.92 bits per heavy atom. The van der Waals surface area contributed by atoms with E-state index in [9.17, 15) is 0 Å². The third kappa shape index (κ3) is 3.52. The number of aromatic nitrogens is 2. The molecule has 0 bridgehead atoms. The largest absolute Gasteiger partial charge is 0.370 e. The second kappa shape index (κ2) is 7.60. The molecule has 0 spiro atoms. The molecule has 0 amide bonds. The van der Waals surface area contributed by atoms with E-state index in [0.29, 0.717) is 6.61 Å². The zero-order chi connectivity index (χ0) is 17.9. The average Bonchev–Trinajstić information content (AvgIpc) is 2.93. The molecule has 1 saturated heterocycles. The second-order valence-corrected chi connectivity index (χ2v) is 7.13. The highest BCUT2D eigenvalue weighted by Gasteiger charge is 2.27. The van der Waals surface area contributed by atoms with Gasteiger partial charge in [-0.25, -0.2) is 4.98 Å². The van der Waals surface area contributed by atoms with Crippen LogP contribution in [0.5, 0.6) is 0 Å². The summed E-state index contributed by atoms with van der Waals surface area (Å²) in [5, 5.41) is 3.48. The highest BCUT2D eigenvalue weighted by atomic mass is 16.5. The number of anilines is 2. The lowest BCUT2D eigenvalue weighted by Crippen LogP contribution is -2.40. The zero-order valence-corrected chi connectivity index (χ0v) is 15.6. The molecule has 6 nitrogen and oxygen atoms in total. The molecule has 0 saturated carbocycles. The van der Waals surface area contributed by atoms with E-state index in [-0.39, 0.29) is 6.10 Å². The Morgan fingerprint density at radius 3 is 2.73 bits per heavy atom. The maximum atomic E-state index is 6.05. The lowest BCUT2D eigenvalue weighted by molar-refractivity contribution is 0.0394. The number of nitrogens with one attached hydrogen (secondary N) is 1. The topological polar surface area (TPSA) is 53.5 Å². The first kappa shape index (κ1) is 17.2. The van der Waals surface area contributed by atoms with Crippen molar-refractivity contribution in [2.45, 2.75) is 18.9 Å². The van der Waals surface area contributed by atoms with Crippen LogP contribution in [-0.4, -0.2) is 56.8 Å². The van der Waals surface area contributed by atoms with Gasteiger partial charge in [0.05, 0.1) is 12.3 Å². The maximum absolute atomic E-state index is 6.05. The number of hydrogen-bond donors (Lipinski definition) is 1. The van der Waals surface area contributed by atoms with E-state index in [1.165, 1.54) is 16.8 Å². The molecular weight excluding hydrogens is 326 g/mol. The van der Waals surface area contributed by atoms with Crippen molar-refractivity contribution < 1.29 is 4.74 Å². The van der Waals surface area contributed by atoms with Gasteiger partial charge in [0.15, 0.2) is 0 Å². The van der Waals surface area contributed by atoms with Crippen LogP contribution in [0.4, 0.5) is 11.8 Å². The number of hydrogen-bond acceptors (Lipinski definition) is 6. The van der Waals surface area contributed by atoms with Crippen LogP contribution in [0.3, 0.4) is 0 Å². The SMILES string of the molecule is CN(C)c1nc2c(c(N3CCO[C@@H](c4ccccc4)C3)n1)CCNCC2. The maximum Gasteiger partial charge on any atom is 0.227 e. The van der Waals surface area contributed by atoms with Crippen LogP contribution in [-0.2, 0) is 17.6 Å². The highest BCUT2D eigenvalue weighted by molar-refractivity contribution is 5.54. The van der Waals surface area contributed by atoms with Crippen molar-refractivity contribution in [2.24, 2.45) is 0 Å². The molecule has 0 radical (unpaired) electrons. The van der Waals surface area contributed by atoms with E-state index < -0.39 is 0 Å². The summed E-state index contributed by atoms with van der Waals surface area (Å²) in [4.78, 5) is 14.1. The van der Waals surface area contributed by atoms with Gasteiger partial charge in [0, 0.05) is 45.7 Å². The van der Waals surface area contributed by atoms with Crippen molar-refractivity contribution >= 4 is 11.8 Å². The monoisotopic (exact) mass is 353 g/mol. The van der Waals surface area contributed by atoms with Crippen LogP contribution in [0, 0.1) is 0 Å². The molecule has 138 valence electrons. The Labute approximate surface area is 155 Å². The minimum Gasteiger partial charge on any atom is -0.370 e. The van der Waals surface area contributed by atoms with Gasteiger partial charge in [-0.3, -0.25) is 0 Å². The fourth-order valence-corrected chi connectivity index (χ4v) is 3.69. The summed E-state index contributed by atoms with van der Waals surface area (Å²) < 4.78 is 6.05.